The number of rotatable bonds is 6. The Morgan fingerprint density at radius 2 is 1.93 bits per heavy atom. The number of benzene rings is 1. The van der Waals surface area contributed by atoms with E-state index in [1.54, 1.807) is 29.7 Å². The number of fused-ring (bicyclic) bond motifs is 1. The molecule has 1 aliphatic rings. The lowest BCUT2D eigenvalue weighted by atomic mass is 9.94. The summed E-state index contributed by atoms with van der Waals surface area (Å²) in [7, 11) is 0. The summed E-state index contributed by atoms with van der Waals surface area (Å²) in [5.74, 6) is -0.234. The van der Waals surface area contributed by atoms with Gasteiger partial charge in [-0.1, -0.05) is 0 Å². The summed E-state index contributed by atoms with van der Waals surface area (Å²) in [6, 6.07) is 9.51. The van der Waals surface area contributed by atoms with Crippen LogP contribution in [0.1, 0.15) is 42.7 Å². The molecule has 5 nitrogen and oxygen atoms in total. The number of nitrogens with two attached hydrogens (primary N) is 1. The second-order valence-corrected chi connectivity index (χ2v) is 7.44. The van der Waals surface area contributed by atoms with E-state index in [4.69, 9.17) is 5.73 Å². The number of allylic oxidation sites excluding steroid dienone is 1. The maximum absolute atomic E-state index is 13.4. The van der Waals surface area contributed by atoms with Crippen LogP contribution in [0, 0.1) is 11.7 Å². The molecular weight excluding hydrogens is 394 g/mol. The molecule has 0 amide bonds. The smallest absolute Gasteiger partial charge is 0.186 e. The summed E-state index contributed by atoms with van der Waals surface area (Å²) in [4.78, 5) is 4.30. The predicted octanol–water partition coefficient (Wildman–Crippen LogP) is 4.74. The lowest BCUT2D eigenvalue weighted by molar-refractivity contribution is 0.193. The van der Waals surface area contributed by atoms with Crippen molar-refractivity contribution >= 4 is 35.0 Å². The molecule has 1 unspecified atom stereocenters. The van der Waals surface area contributed by atoms with E-state index >= 15 is 0 Å². The van der Waals surface area contributed by atoms with E-state index in [1.807, 2.05) is 18.3 Å². The second kappa shape index (κ2) is 7.96. The summed E-state index contributed by atoms with van der Waals surface area (Å²) >= 11 is -0.0915. The van der Waals surface area contributed by atoms with Crippen LogP contribution in [0.15, 0.2) is 53.2 Å². The standard InChI is InChI=1S/C21H20F2N4OS/c1-12(28)17-10-25-18-9-6-15(11-27(17)18)19(21(26-29-23)14-2-3-14)20(24)13-4-7-16(22)8-5-13/h4-12,14,28H,2-3,24H2,1H3. The lowest BCUT2D eigenvalue weighted by Gasteiger charge is -2.16. The summed E-state index contributed by atoms with van der Waals surface area (Å²) in [5, 5.41) is 10.0. The number of halogens is 2. The third-order valence-electron chi connectivity index (χ3n) is 5.03. The van der Waals surface area contributed by atoms with Crippen molar-refractivity contribution in [2.75, 3.05) is 0 Å². The van der Waals surface area contributed by atoms with E-state index in [1.165, 1.54) is 12.1 Å². The summed E-state index contributed by atoms with van der Waals surface area (Å²) in [6.45, 7) is 1.66. The van der Waals surface area contributed by atoms with Crippen LogP contribution in [0.2, 0.25) is 0 Å². The van der Waals surface area contributed by atoms with Crippen LogP contribution in [-0.4, -0.2) is 20.2 Å². The topological polar surface area (TPSA) is 75.9 Å². The highest BCUT2D eigenvalue weighted by Gasteiger charge is 2.32. The third-order valence-corrected chi connectivity index (χ3v) is 5.29. The number of pyridine rings is 1. The fourth-order valence-electron chi connectivity index (χ4n) is 3.39. The van der Waals surface area contributed by atoms with Gasteiger partial charge in [0, 0.05) is 28.9 Å². The zero-order chi connectivity index (χ0) is 20.5. The molecule has 0 saturated heterocycles. The molecule has 2 heterocycles. The third kappa shape index (κ3) is 3.90. The molecule has 0 bridgehead atoms. The van der Waals surface area contributed by atoms with Crippen LogP contribution >= 0.6 is 12.3 Å². The molecule has 2 aromatic heterocycles. The van der Waals surface area contributed by atoms with E-state index in [0.29, 0.717) is 33.9 Å². The van der Waals surface area contributed by atoms with Gasteiger partial charge in [-0.2, -0.15) is 4.40 Å². The first-order valence-corrected chi connectivity index (χ1v) is 9.94. The van der Waals surface area contributed by atoms with E-state index in [9.17, 15) is 13.4 Å². The van der Waals surface area contributed by atoms with Crippen LogP contribution < -0.4 is 5.73 Å². The van der Waals surface area contributed by atoms with Gasteiger partial charge in [0.25, 0.3) is 0 Å². The Bertz CT molecular complexity index is 1100. The summed E-state index contributed by atoms with van der Waals surface area (Å²) < 4.78 is 32.4. The molecule has 0 spiro atoms. The Labute approximate surface area is 171 Å². The Morgan fingerprint density at radius 1 is 1.24 bits per heavy atom. The van der Waals surface area contributed by atoms with Crippen LogP contribution in [0.25, 0.3) is 16.9 Å². The van der Waals surface area contributed by atoms with E-state index in [2.05, 4.69) is 9.38 Å². The number of aromatic nitrogens is 2. The molecule has 1 fully saturated rings. The molecule has 3 N–H and O–H groups in total. The van der Waals surface area contributed by atoms with Crippen LogP contribution in [0.3, 0.4) is 0 Å². The molecule has 0 aliphatic heterocycles. The first kappa shape index (κ1) is 19.6. The fraction of sp³-hybridized carbons (Fsp3) is 0.238. The van der Waals surface area contributed by atoms with Crippen molar-refractivity contribution in [1.82, 2.24) is 9.38 Å². The van der Waals surface area contributed by atoms with Crippen molar-refractivity contribution in [2.45, 2.75) is 25.9 Å². The van der Waals surface area contributed by atoms with Gasteiger partial charge in [0.15, 0.2) is 12.3 Å². The Morgan fingerprint density at radius 3 is 2.55 bits per heavy atom. The van der Waals surface area contributed by atoms with E-state index in [0.717, 1.165) is 18.4 Å². The number of hydrogen-bond acceptors (Lipinski definition) is 5. The van der Waals surface area contributed by atoms with Gasteiger partial charge in [0.1, 0.15) is 11.5 Å². The maximum Gasteiger partial charge on any atom is 0.186 e. The van der Waals surface area contributed by atoms with Crippen LogP contribution in [-0.2, 0) is 0 Å². The number of aliphatic hydroxyl groups is 1. The molecule has 1 saturated carbocycles. The molecule has 0 radical (unpaired) electrons. The van der Waals surface area contributed by atoms with Gasteiger partial charge in [-0.25, -0.2) is 9.37 Å². The van der Waals surface area contributed by atoms with Gasteiger partial charge in [-0.15, -0.1) is 3.89 Å². The second-order valence-electron chi connectivity index (χ2n) is 7.12. The first-order valence-electron chi connectivity index (χ1n) is 9.26. The highest BCUT2D eigenvalue weighted by Crippen LogP contribution is 2.39. The monoisotopic (exact) mass is 414 g/mol. The van der Waals surface area contributed by atoms with Crippen molar-refractivity contribution in [3.05, 3.63) is 71.4 Å². The van der Waals surface area contributed by atoms with Gasteiger partial charge in [0.2, 0.25) is 0 Å². The van der Waals surface area contributed by atoms with Gasteiger partial charge in [-0.05, 0) is 61.7 Å². The van der Waals surface area contributed by atoms with Crippen molar-refractivity contribution in [1.29, 1.82) is 0 Å². The molecule has 4 rings (SSSR count). The summed E-state index contributed by atoms with van der Waals surface area (Å²) in [5.41, 5.74) is 10.7. The molecule has 1 atom stereocenters. The first-order chi connectivity index (χ1) is 14.0. The number of imidazole rings is 1. The van der Waals surface area contributed by atoms with Gasteiger partial charge in [-0.3, -0.25) is 0 Å². The minimum Gasteiger partial charge on any atom is -0.398 e. The van der Waals surface area contributed by atoms with Crippen molar-refractivity contribution in [3.8, 4) is 0 Å². The van der Waals surface area contributed by atoms with Gasteiger partial charge in [0.05, 0.1) is 23.7 Å². The predicted molar refractivity (Wildman–Crippen MR) is 112 cm³/mol. The molecule has 29 heavy (non-hydrogen) atoms. The number of nitrogens with zero attached hydrogens (tertiary/aromatic N) is 3. The normalized spacial score (nSPS) is 16.8. The van der Waals surface area contributed by atoms with Crippen molar-refractivity contribution in [3.63, 3.8) is 0 Å². The molecule has 3 aromatic rings. The average Bonchev–Trinajstić information content (AvgIpc) is 3.46. The highest BCUT2D eigenvalue weighted by atomic mass is 32.2. The molecular formula is C21H20F2N4OS. The summed E-state index contributed by atoms with van der Waals surface area (Å²) in [6.07, 6.45) is 4.54. The number of aliphatic hydroxyl groups excluding tert-OH is 1. The lowest BCUT2D eigenvalue weighted by Crippen LogP contribution is -2.12. The molecule has 8 heteroatoms. The SMILES string of the molecule is CC(O)c1cnc2ccc(C(C(=NSF)C3CC3)=C(N)c3ccc(F)cc3)cn12. The highest BCUT2D eigenvalue weighted by molar-refractivity contribution is 7.93. The van der Waals surface area contributed by atoms with Crippen molar-refractivity contribution < 1.29 is 13.4 Å². The number of hydrogen-bond donors (Lipinski definition) is 2. The van der Waals surface area contributed by atoms with E-state index in [-0.39, 0.29) is 24.1 Å². The van der Waals surface area contributed by atoms with Gasteiger partial charge >= 0.3 is 0 Å². The minimum absolute atomic E-state index is 0.0915. The average molecular weight is 414 g/mol. The van der Waals surface area contributed by atoms with Crippen LogP contribution in [0.4, 0.5) is 8.28 Å². The zero-order valence-corrected chi connectivity index (χ0v) is 16.5. The minimum atomic E-state index is -0.708. The van der Waals surface area contributed by atoms with Gasteiger partial charge < -0.3 is 15.2 Å². The molecule has 1 aromatic carbocycles. The zero-order valence-electron chi connectivity index (χ0n) is 15.7. The van der Waals surface area contributed by atoms with Crippen LogP contribution in [0.5, 0.6) is 0 Å². The Hall–Kier alpha value is -2.71. The quantitative estimate of drug-likeness (QED) is 0.451. The largest absolute Gasteiger partial charge is 0.398 e. The molecule has 1 aliphatic carbocycles. The fourth-order valence-corrected chi connectivity index (χ4v) is 3.70. The molecule has 150 valence electrons. The maximum atomic E-state index is 13.4. The Kier molecular flexibility index (Phi) is 5.38. The Balaban J connectivity index is 1.94. The van der Waals surface area contributed by atoms with Crippen molar-refractivity contribution in [2.24, 2.45) is 16.0 Å². The van der Waals surface area contributed by atoms with E-state index < -0.39 is 6.10 Å².